The highest BCUT2D eigenvalue weighted by Crippen LogP contribution is 2.27. The van der Waals surface area contributed by atoms with Gasteiger partial charge in [-0.1, -0.05) is 35.5 Å². The SMILES string of the molecule is O=C(Nc1ccc(-c2noc(=O)[nH]2)cc1)C(c1ccccc1)N1CCCCC1=O. The Hall–Kier alpha value is -3.68. The van der Waals surface area contributed by atoms with Gasteiger partial charge in [-0.3, -0.25) is 19.1 Å². The number of nitrogens with zero attached hydrogens (tertiary/aromatic N) is 2. The van der Waals surface area contributed by atoms with Crippen LogP contribution in [0.1, 0.15) is 30.9 Å². The van der Waals surface area contributed by atoms with Gasteiger partial charge < -0.3 is 10.2 Å². The van der Waals surface area contributed by atoms with Crippen LogP contribution in [-0.4, -0.2) is 33.4 Å². The number of amides is 2. The van der Waals surface area contributed by atoms with Crippen LogP contribution in [0.3, 0.4) is 0 Å². The molecule has 1 aliphatic rings. The number of hydrogen-bond acceptors (Lipinski definition) is 5. The number of aromatic nitrogens is 2. The fourth-order valence-corrected chi connectivity index (χ4v) is 3.48. The molecule has 1 aromatic heterocycles. The molecule has 8 heteroatoms. The Morgan fingerprint density at radius 1 is 1.07 bits per heavy atom. The lowest BCUT2D eigenvalue weighted by atomic mass is 10.0. The van der Waals surface area contributed by atoms with Gasteiger partial charge in [0, 0.05) is 24.2 Å². The lowest BCUT2D eigenvalue weighted by Gasteiger charge is -2.34. The van der Waals surface area contributed by atoms with Crippen LogP contribution in [0, 0.1) is 0 Å². The molecule has 0 saturated carbocycles. The second-order valence-corrected chi connectivity index (χ2v) is 6.87. The van der Waals surface area contributed by atoms with Crippen molar-refractivity contribution in [3.05, 3.63) is 70.7 Å². The van der Waals surface area contributed by atoms with Crippen molar-refractivity contribution in [2.45, 2.75) is 25.3 Å². The van der Waals surface area contributed by atoms with E-state index in [1.807, 2.05) is 30.3 Å². The van der Waals surface area contributed by atoms with E-state index < -0.39 is 11.8 Å². The number of carbonyl (C=O) groups is 2. The van der Waals surface area contributed by atoms with Crippen LogP contribution in [0.15, 0.2) is 63.9 Å². The summed E-state index contributed by atoms with van der Waals surface area (Å²) in [5, 5.41) is 6.53. The molecule has 3 aromatic rings. The minimum atomic E-state index is -0.685. The summed E-state index contributed by atoms with van der Waals surface area (Å²) in [7, 11) is 0. The Morgan fingerprint density at radius 3 is 2.48 bits per heavy atom. The van der Waals surface area contributed by atoms with Gasteiger partial charge in [-0.25, -0.2) is 4.79 Å². The smallest absolute Gasteiger partial charge is 0.327 e. The summed E-state index contributed by atoms with van der Waals surface area (Å²) in [6, 6.07) is 15.5. The van der Waals surface area contributed by atoms with Crippen molar-refractivity contribution in [3.8, 4) is 11.4 Å². The van der Waals surface area contributed by atoms with E-state index in [1.54, 1.807) is 29.2 Å². The number of carbonyl (C=O) groups excluding carboxylic acids is 2. The maximum Gasteiger partial charge on any atom is 0.439 e. The molecule has 1 aliphatic heterocycles. The molecule has 2 aromatic carbocycles. The molecule has 1 atom stereocenters. The van der Waals surface area contributed by atoms with Crippen molar-refractivity contribution in [1.29, 1.82) is 0 Å². The number of hydrogen-bond donors (Lipinski definition) is 2. The average molecular weight is 392 g/mol. The predicted octanol–water partition coefficient (Wildman–Crippen LogP) is 2.72. The number of likely N-dealkylation sites (tertiary alicyclic amines) is 1. The third-order valence-electron chi connectivity index (χ3n) is 4.90. The number of anilines is 1. The molecule has 0 spiro atoms. The second kappa shape index (κ2) is 8.14. The van der Waals surface area contributed by atoms with E-state index in [4.69, 9.17) is 0 Å². The third kappa shape index (κ3) is 4.11. The van der Waals surface area contributed by atoms with E-state index in [0.29, 0.717) is 30.0 Å². The summed E-state index contributed by atoms with van der Waals surface area (Å²) in [4.78, 5) is 40.8. The highest BCUT2D eigenvalue weighted by molar-refractivity contribution is 5.98. The number of piperidine rings is 1. The Morgan fingerprint density at radius 2 is 1.83 bits per heavy atom. The van der Waals surface area contributed by atoms with Crippen molar-refractivity contribution >= 4 is 17.5 Å². The van der Waals surface area contributed by atoms with Gasteiger partial charge in [0.05, 0.1) is 0 Å². The molecule has 1 fully saturated rings. The molecule has 0 aliphatic carbocycles. The topological polar surface area (TPSA) is 108 Å². The normalized spacial score (nSPS) is 15.2. The summed E-state index contributed by atoms with van der Waals surface area (Å²) in [6.45, 7) is 0.560. The number of aromatic amines is 1. The monoisotopic (exact) mass is 392 g/mol. The number of benzene rings is 2. The Labute approximate surface area is 166 Å². The van der Waals surface area contributed by atoms with E-state index in [2.05, 4.69) is 20.0 Å². The Balaban J connectivity index is 1.56. The average Bonchev–Trinajstić information content (AvgIpc) is 3.17. The zero-order chi connectivity index (χ0) is 20.2. The van der Waals surface area contributed by atoms with Crippen molar-refractivity contribution in [2.24, 2.45) is 0 Å². The molecular weight excluding hydrogens is 372 g/mol. The lowest BCUT2D eigenvalue weighted by molar-refractivity contribution is -0.141. The van der Waals surface area contributed by atoms with E-state index in [-0.39, 0.29) is 11.8 Å². The van der Waals surface area contributed by atoms with Crippen molar-refractivity contribution in [1.82, 2.24) is 15.0 Å². The predicted molar refractivity (Wildman–Crippen MR) is 106 cm³/mol. The minimum absolute atomic E-state index is 0.00872. The number of nitrogens with one attached hydrogen (secondary N) is 2. The van der Waals surface area contributed by atoms with Crippen molar-refractivity contribution in [3.63, 3.8) is 0 Å². The Bertz CT molecular complexity index is 1060. The fourth-order valence-electron chi connectivity index (χ4n) is 3.48. The largest absolute Gasteiger partial charge is 0.439 e. The summed E-state index contributed by atoms with van der Waals surface area (Å²) < 4.78 is 4.50. The summed E-state index contributed by atoms with van der Waals surface area (Å²) in [5.74, 6) is -0.595. The highest BCUT2D eigenvalue weighted by Gasteiger charge is 2.32. The maximum atomic E-state index is 13.1. The second-order valence-electron chi connectivity index (χ2n) is 6.87. The van der Waals surface area contributed by atoms with E-state index in [0.717, 1.165) is 18.4 Å². The van der Waals surface area contributed by atoms with Gasteiger partial charge in [0.25, 0.3) is 5.91 Å². The molecule has 0 radical (unpaired) electrons. The van der Waals surface area contributed by atoms with Crippen LogP contribution in [0.4, 0.5) is 5.69 Å². The first kappa shape index (κ1) is 18.7. The van der Waals surface area contributed by atoms with Crippen molar-refractivity contribution in [2.75, 3.05) is 11.9 Å². The zero-order valence-corrected chi connectivity index (χ0v) is 15.6. The molecule has 2 N–H and O–H groups in total. The first-order valence-electron chi connectivity index (χ1n) is 9.43. The van der Waals surface area contributed by atoms with Crippen LogP contribution in [0.5, 0.6) is 0 Å². The van der Waals surface area contributed by atoms with E-state index >= 15 is 0 Å². The van der Waals surface area contributed by atoms with Gasteiger partial charge in [0.15, 0.2) is 5.82 Å². The van der Waals surface area contributed by atoms with Gasteiger partial charge in [0.1, 0.15) is 6.04 Å². The number of H-pyrrole nitrogens is 1. The first-order chi connectivity index (χ1) is 14.1. The molecule has 4 rings (SSSR count). The van der Waals surface area contributed by atoms with Gasteiger partial charge in [-0.15, -0.1) is 0 Å². The molecule has 1 unspecified atom stereocenters. The van der Waals surface area contributed by atoms with Gasteiger partial charge in [-0.2, -0.15) is 0 Å². The van der Waals surface area contributed by atoms with Crippen LogP contribution < -0.4 is 11.1 Å². The molecule has 29 heavy (non-hydrogen) atoms. The first-order valence-corrected chi connectivity index (χ1v) is 9.43. The van der Waals surface area contributed by atoms with Crippen LogP contribution in [0.25, 0.3) is 11.4 Å². The summed E-state index contributed by atoms with van der Waals surface area (Å²) >= 11 is 0. The van der Waals surface area contributed by atoms with Gasteiger partial charge in [-0.05, 0) is 42.7 Å². The quantitative estimate of drug-likeness (QED) is 0.694. The fraction of sp³-hybridized carbons (Fsp3) is 0.238. The van der Waals surface area contributed by atoms with Gasteiger partial charge >= 0.3 is 5.76 Å². The third-order valence-corrected chi connectivity index (χ3v) is 4.90. The minimum Gasteiger partial charge on any atom is -0.327 e. The zero-order valence-electron chi connectivity index (χ0n) is 15.6. The van der Waals surface area contributed by atoms with E-state index in [9.17, 15) is 14.4 Å². The molecule has 1 saturated heterocycles. The van der Waals surface area contributed by atoms with Gasteiger partial charge in [0.2, 0.25) is 5.91 Å². The van der Waals surface area contributed by atoms with Crippen molar-refractivity contribution < 1.29 is 14.1 Å². The molecule has 2 heterocycles. The summed E-state index contributed by atoms with van der Waals surface area (Å²) in [5.41, 5.74) is 2.01. The Kier molecular flexibility index (Phi) is 5.24. The molecule has 2 amide bonds. The van der Waals surface area contributed by atoms with Crippen LogP contribution in [0.2, 0.25) is 0 Å². The highest BCUT2D eigenvalue weighted by atomic mass is 16.5. The molecule has 0 bridgehead atoms. The lowest BCUT2D eigenvalue weighted by Crippen LogP contribution is -2.43. The standard InChI is InChI=1S/C21H20N4O4/c26-17-8-4-5-13-25(17)18(14-6-2-1-3-7-14)20(27)22-16-11-9-15(10-12-16)19-23-21(28)29-24-19/h1-3,6-7,9-12,18H,4-5,8,13H2,(H,22,27)(H,23,24,28). The maximum absolute atomic E-state index is 13.1. The summed E-state index contributed by atoms with van der Waals surface area (Å²) in [6.07, 6.45) is 2.19. The molecule has 148 valence electrons. The molecular formula is C21H20N4O4. The van der Waals surface area contributed by atoms with E-state index in [1.165, 1.54) is 0 Å². The number of rotatable bonds is 5. The van der Waals surface area contributed by atoms with Crippen LogP contribution in [-0.2, 0) is 9.59 Å². The molecule has 8 nitrogen and oxygen atoms in total. The van der Waals surface area contributed by atoms with Crippen LogP contribution >= 0.6 is 0 Å².